The molecule has 1 aromatic heterocycles. The van der Waals surface area contributed by atoms with Crippen molar-refractivity contribution in [3.8, 4) is 0 Å². The van der Waals surface area contributed by atoms with Crippen LogP contribution in [0, 0.1) is 6.92 Å². The molecule has 1 saturated heterocycles. The normalized spacial score (nSPS) is 16.9. The fourth-order valence-electron chi connectivity index (χ4n) is 2.28. The van der Waals surface area contributed by atoms with Gasteiger partial charge in [0, 0.05) is 44.0 Å². The van der Waals surface area contributed by atoms with Crippen molar-refractivity contribution in [3.63, 3.8) is 0 Å². The molecule has 6 nitrogen and oxygen atoms in total. The molecule has 1 aliphatic heterocycles. The van der Waals surface area contributed by atoms with E-state index in [1.54, 1.807) is 6.92 Å². The van der Waals surface area contributed by atoms with E-state index in [0.29, 0.717) is 17.6 Å². The Hall–Kier alpha value is -1.69. The molecule has 0 spiro atoms. The second kappa shape index (κ2) is 5.52. The van der Waals surface area contributed by atoms with Crippen LogP contribution in [0.25, 0.3) is 0 Å². The zero-order valence-corrected chi connectivity index (χ0v) is 11.6. The van der Waals surface area contributed by atoms with E-state index < -0.39 is 5.97 Å². The molecule has 1 N–H and O–H groups in total. The second-order valence-electron chi connectivity index (χ2n) is 5.11. The third-order valence-corrected chi connectivity index (χ3v) is 3.40. The Balaban J connectivity index is 2.13. The van der Waals surface area contributed by atoms with Crippen molar-refractivity contribution in [2.75, 3.05) is 31.1 Å². The van der Waals surface area contributed by atoms with Gasteiger partial charge in [0.2, 0.25) is 5.82 Å². The van der Waals surface area contributed by atoms with E-state index in [9.17, 15) is 4.79 Å². The van der Waals surface area contributed by atoms with Crippen molar-refractivity contribution < 1.29 is 9.90 Å². The number of carbonyl (C=O) groups is 1. The molecule has 6 heteroatoms. The van der Waals surface area contributed by atoms with Gasteiger partial charge in [0.05, 0.1) is 0 Å². The van der Waals surface area contributed by atoms with Gasteiger partial charge in [0.15, 0.2) is 0 Å². The summed E-state index contributed by atoms with van der Waals surface area (Å²) in [5, 5.41) is 9.00. The molecule has 0 bridgehead atoms. The molecular formula is C13H20N4O2. The standard InChI is InChI=1S/C13H20N4O2/c1-9(2)16-4-6-17(7-5-16)11-8-10(3)14-12(15-11)13(18)19/h8-9H,4-7H2,1-3H3,(H,18,19). The van der Waals surface area contributed by atoms with E-state index in [4.69, 9.17) is 5.11 Å². The SMILES string of the molecule is Cc1cc(N2CCN(C(C)C)CC2)nc(C(=O)O)n1. The van der Waals surface area contributed by atoms with Gasteiger partial charge >= 0.3 is 5.97 Å². The number of carboxylic acid groups (broad SMARTS) is 1. The summed E-state index contributed by atoms with van der Waals surface area (Å²) in [6.45, 7) is 9.86. The van der Waals surface area contributed by atoms with Crippen LogP contribution in [0.15, 0.2) is 6.07 Å². The number of piperazine rings is 1. The number of anilines is 1. The first-order chi connectivity index (χ1) is 8.97. The van der Waals surface area contributed by atoms with Crippen molar-refractivity contribution in [1.82, 2.24) is 14.9 Å². The maximum absolute atomic E-state index is 11.0. The second-order valence-corrected chi connectivity index (χ2v) is 5.11. The summed E-state index contributed by atoms with van der Waals surface area (Å²) in [4.78, 5) is 23.6. The van der Waals surface area contributed by atoms with E-state index in [2.05, 4.69) is 33.6 Å². The quantitative estimate of drug-likeness (QED) is 0.878. The van der Waals surface area contributed by atoms with Crippen LogP contribution in [0.2, 0.25) is 0 Å². The van der Waals surface area contributed by atoms with Gasteiger partial charge in [0.1, 0.15) is 5.82 Å². The Morgan fingerprint density at radius 2 is 1.89 bits per heavy atom. The van der Waals surface area contributed by atoms with Crippen molar-refractivity contribution in [2.24, 2.45) is 0 Å². The number of aromatic carboxylic acids is 1. The molecule has 2 rings (SSSR count). The lowest BCUT2D eigenvalue weighted by molar-refractivity contribution is 0.0683. The van der Waals surface area contributed by atoms with Crippen LogP contribution < -0.4 is 4.90 Å². The van der Waals surface area contributed by atoms with E-state index in [-0.39, 0.29) is 5.82 Å². The fraction of sp³-hybridized carbons (Fsp3) is 0.615. The molecule has 19 heavy (non-hydrogen) atoms. The third kappa shape index (κ3) is 3.20. The van der Waals surface area contributed by atoms with E-state index in [1.165, 1.54) is 0 Å². The monoisotopic (exact) mass is 264 g/mol. The van der Waals surface area contributed by atoms with Gasteiger partial charge in [-0.25, -0.2) is 14.8 Å². The lowest BCUT2D eigenvalue weighted by Crippen LogP contribution is -2.49. The molecule has 0 amide bonds. The first-order valence-electron chi connectivity index (χ1n) is 6.55. The molecule has 104 valence electrons. The maximum atomic E-state index is 11.0. The summed E-state index contributed by atoms with van der Waals surface area (Å²) in [6, 6.07) is 2.39. The van der Waals surface area contributed by atoms with Crippen molar-refractivity contribution in [2.45, 2.75) is 26.8 Å². The average molecular weight is 264 g/mol. The van der Waals surface area contributed by atoms with Crippen molar-refractivity contribution in [3.05, 3.63) is 17.6 Å². The molecule has 1 fully saturated rings. The van der Waals surface area contributed by atoms with Crippen LogP contribution in [0.5, 0.6) is 0 Å². The molecule has 1 aliphatic rings. The summed E-state index contributed by atoms with van der Waals surface area (Å²) in [5.41, 5.74) is 0.689. The van der Waals surface area contributed by atoms with Crippen LogP contribution in [0.4, 0.5) is 5.82 Å². The number of aromatic nitrogens is 2. The van der Waals surface area contributed by atoms with Gasteiger partial charge in [-0.15, -0.1) is 0 Å². The summed E-state index contributed by atoms with van der Waals surface area (Å²) in [5.74, 6) is -0.486. The van der Waals surface area contributed by atoms with Gasteiger partial charge in [-0.3, -0.25) is 4.90 Å². The van der Waals surface area contributed by atoms with Gasteiger partial charge in [-0.2, -0.15) is 0 Å². The minimum Gasteiger partial charge on any atom is -0.475 e. The van der Waals surface area contributed by atoms with E-state index in [1.807, 2.05) is 6.07 Å². The number of aryl methyl sites for hydroxylation is 1. The van der Waals surface area contributed by atoms with Crippen LogP contribution in [0.1, 0.15) is 30.2 Å². The van der Waals surface area contributed by atoms with Gasteiger partial charge in [-0.1, -0.05) is 0 Å². The maximum Gasteiger partial charge on any atom is 0.374 e. The highest BCUT2D eigenvalue weighted by Crippen LogP contribution is 2.16. The Labute approximate surface area is 113 Å². The molecule has 0 aliphatic carbocycles. The summed E-state index contributed by atoms with van der Waals surface area (Å²) in [7, 11) is 0. The van der Waals surface area contributed by atoms with Crippen LogP contribution >= 0.6 is 0 Å². The largest absolute Gasteiger partial charge is 0.475 e. The number of carboxylic acids is 1. The Morgan fingerprint density at radius 3 is 2.42 bits per heavy atom. The Bertz CT molecular complexity index is 468. The highest BCUT2D eigenvalue weighted by atomic mass is 16.4. The molecular weight excluding hydrogens is 244 g/mol. The number of nitrogens with zero attached hydrogens (tertiary/aromatic N) is 4. The Kier molecular flexibility index (Phi) is 3.99. The topological polar surface area (TPSA) is 69.6 Å². The van der Waals surface area contributed by atoms with E-state index >= 15 is 0 Å². The van der Waals surface area contributed by atoms with Crippen molar-refractivity contribution >= 4 is 11.8 Å². The fourth-order valence-corrected chi connectivity index (χ4v) is 2.28. The number of hydrogen-bond donors (Lipinski definition) is 1. The molecule has 0 radical (unpaired) electrons. The smallest absolute Gasteiger partial charge is 0.374 e. The first kappa shape index (κ1) is 13.7. The molecule has 0 atom stereocenters. The van der Waals surface area contributed by atoms with Gasteiger partial charge in [0.25, 0.3) is 0 Å². The highest BCUT2D eigenvalue weighted by molar-refractivity contribution is 5.83. The predicted octanol–water partition coefficient (Wildman–Crippen LogP) is 1.01. The summed E-state index contributed by atoms with van der Waals surface area (Å²) >= 11 is 0. The summed E-state index contributed by atoms with van der Waals surface area (Å²) < 4.78 is 0. The zero-order valence-electron chi connectivity index (χ0n) is 11.6. The van der Waals surface area contributed by atoms with Gasteiger partial charge in [-0.05, 0) is 20.8 Å². The number of rotatable bonds is 3. The van der Waals surface area contributed by atoms with Crippen molar-refractivity contribution in [1.29, 1.82) is 0 Å². The molecule has 1 aromatic rings. The van der Waals surface area contributed by atoms with Crippen LogP contribution in [-0.2, 0) is 0 Å². The molecule has 2 heterocycles. The summed E-state index contributed by atoms with van der Waals surface area (Å²) in [6.07, 6.45) is 0. The molecule has 0 saturated carbocycles. The first-order valence-corrected chi connectivity index (χ1v) is 6.55. The third-order valence-electron chi connectivity index (χ3n) is 3.40. The number of hydrogen-bond acceptors (Lipinski definition) is 5. The highest BCUT2D eigenvalue weighted by Gasteiger charge is 2.21. The Morgan fingerprint density at radius 1 is 1.26 bits per heavy atom. The van der Waals surface area contributed by atoms with Crippen LogP contribution in [0.3, 0.4) is 0 Å². The minimum absolute atomic E-state index is 0.124. The lowest BCUT2D eigenvalue weighted by atomic mass is 10.2. The predicted molar refractivity (Wildman–Crippen MR) is 72.7 cm³/mol. The zero-order chi connectivity index (χ0) is 14.0. The van der Waals surface area contributed by atoms with E-state index in [0.717, 1.165) is 26.2 Å². The minimum atomic E-state index is -1.08. The van der Waals surface area contributed by atoms with Gasteiger partial charge < -0.3 is 10.0 Å². The average Bonchev–Trinajstić information content (AvgIpc) is 2.38. The van der Waals surface area contributed by atoms with Crippen LogP contribution in [-0.4, -0.2) is 58.2 Å². The molecule has 0 aromatic carbocycles. The lowest BCUT2D eigenvalue weighted by Gasteiger charge is -2.37. The molecule has 0 unspecified atom stereocenters.